The number of aromatic amines is 1. The predicted molar refractivity (Wildman–Crippen MR) is 222 cm³/mol. The Hall–Kier alpha value is -4.91. The molecule has 2 heterocycles. The Morgan fingerprint density at radius 2 is 1.49 bits per heavy atom. The van der Waals surface area contributed by atoms with Gasteiger partial charge in [0.15, 0.2) is 6.23 Å². The molecule has 15 nitrogen and oxygen atoms in total. The Labute approximate surface area is 346 Å². The van der Waals surface area contributed by atoms with Gasteiger partial charge in [0, 0.05) is 37.8 Å². The number of rotatable bonds is 21. The van der Waals surface area contributed by atoms with Gasteiger partial charge in [-0.1, -0.05) is 54.6 Å². The third kappa shape index (κ3) is 10.8. The topological polar surface area (TPSA) is 176 Å². The lowest BCUT2D eigenvalue weighted by Gasteiger charge is -2.39. The van der Waals surface area contributed by atoms with E-state index in [4.69, 9.17) is 32.7 Å². The van der Waals surface area contributed by atoms with Crippen LogP contribution in [-0.4, -0.2) is 91.6 Å². The van der Waals surface area contributed by atoms with Gasteiger partial charge in [-0.25, -0.2) is 9.46 Å². The van der Waals surface area contributed by atoms with Crippen molar-refractivity contribution in [3.8, 4) is 17.6 Å². The third-order valence-corrected chi connectivity index (χ3v) is 12.0. The van der Waals surface area contributed by atoms with E-state index >= 15 is 0 Å². The third-order valence-electron chi connectivity index (χ3n) is 9.84. The van der Waals surface area contributed by atoms with Crippen LogP contribution >= 0.6 is 8.53 Å². The van der Waals surface area contributed by atoms with Crippen molar-refractivity contribution in [1.29, 1.82) is 5.26 Å². The predicted octanol–water partition coefficient (Wildman–Crippen LogP) is 5.64. The Bertz CT molecular complexity index is 2030. The highest BCUT2D eigenvalue weighted by Crippen LogP contribution is 2.51. The Kier molecular flexibility index (Phi) is 16.4. The van der Waals surface area contributed by atoms with E-state index in [9.17, 15) is 19.6 Å². The van der Waals surface area contributed by atoms with E-state index in [-0.39, 0.29) is 50.7 Å². The largest absolute Gasteiger partial charge is 0.497 e. The molecule has 5 rings (SSSR count). The number of H-pyrrole nitrogens is 1. The summed E-state index contributed by atoms with van der Waals surface area (Å²) >= 11 is 0. The molecule has 1 aromatic heterocycles. The van der Waals surface area contributed by atoms with Crippen LogP contribution in [0.4, 0.5) is 0 Å². The maximum absolute atomic E-state index is 13.4. The number of hydrogen-bond donors (Lipinski definition) is 2. The van der Waals surface area contributed by atoms with Gasteiger partial charge in [-0.2, -0.15) is 5.26 Å². The van der Waals surface area contributed by atoms with Gasteiger partial charge < -0.3 is 38.0 Å². The molecule has 5 atom stereocenters. The first kappa shape index (κ1) is 45.2. The maximum Gasteiger partial charge on any atom is 0.330 e. The number of nitrogens with zero attached hydrogens (tertiary/aromatic N) is 3. The molecule has 3 aromatic carbocycles. The minimum atomic E-state index is -1.88. The summed E-state index contributed by atoms with van der Waals surface area (Å²) in [5.74, 6) is 1.07. The Balaban J connectivity index is 1.68. The van der Waals surface area contributed by atoms with Crippen molar-refractivity contribution in [2.24, 2.45) is 0 Å². The average molecular weight is 832 g/mol. The van der Waals surface area contributed by atoms with Gasteiger partial charge in [0.2, 0.25) is 5.91 Å². The van der Waals surface area contributed by atoms with Crippen LogP contribution in [0.2, 0.25) is 0 Å². The molecule has 0 saturated carbocycles. The number of ether oxygens (including phenoxy) is 5. The summed E-state index contributed by atoms with van der Waals surface area (Å²) in [5, 5.41) is 12.0. The number of nitriles is 1. The molecule has 16 heteroatoms. The molecule has 316 valence electrons. The number of hydrogen-bond acceptors (Lipinski definition) is 12. The molecule has 0 spiro atoms. The van der Waals surface area contributed by atoms with Crippen LogP contribution in [0, 0.1) is 11.3 Å². The van der Waals surface area contributed by atoms with Crippen LogP contribution in [0.3, 0.4) is 0 Å². The SMILES string of the molecule is CNC(=O)CCO[C@H]1C(OP(OCCC#N)N(C(C)C)C(C)C)[C@@H](COC(c2ccccc2)(c2ccc(OC)cc2)c2ccc(OC)cc2)O[C@H]1n1ccc(=O)[nH]c1=O. The molecule has 0 aliphatic carbocycles. The van der Waals surface area contributed by atoms with Crippen molar-refractivity contribution in [1.82, 2.24) is 19.5 Å². The summed E-state index contributed by atoms with van der Waals surface area (Å²) in [6, 6.07) is 28.3. The first-order valence-electron chi connectivity index (χ1n) is 19.5. The fourth-order valence-corrected chi connectivity index (χ4v) is 8.86. The lowest BCUT2D eigenvalue weighted by atomic mass is 9.80. The van der Waals surface area contributed by atoms with Crippen LogP contribution in [-0.2, 0) is 33.7 Å². The molecule has 2 unspecified atom stereocenters. The lowest BCUT2D eigenvalue weighted by molar-refractivity contribution is -0.124. The van der Waals surface area contributed by atoms with Crippen molar-refractivity contribution in [3.63, 3.8) is 0 Å². The molecule has 1 fully saturated rings. The van der Waals surface area contributed by atoms with E-state index in [1.165, 1.54) is 23.9 Å². The summed E-state index contributed by atoms with van der Waals surface area (Å²) in [6.45, 7) is 8.03. The van der Waals surface area contributed by atoms with Gasteiger partial charge in [-0.05, 0) is 68.7 Å². The van der Waals surface area contributed by atoms with Crippen LogP contribution in [0.1, 0.15) is 63.5 Å². The molecule has 4 aromatic rings. The average Bonchev–Trinajstić information content (AvgIpc) is 3.57. The zero-order valence-corrected chi connectivity index (χ0v) is 35.4. The second-order valence-corrected chi connectivity index (χ2v) is 15.7. The van der Waals surface area contributed by atoms with Crippen molar-refractivity contribution >= 4 is 14.4 Å². The number of aromatic nitrogens is 2. The summed E-state index contributed by atoms with van der Waals surface area (Å²) < 4.78 is 48.3. The van der Waals surface area contributed by atoms with Crippen LogP contribution in [0.5, 0.6) is 11.5 Å². The smallest absolute Gasteiger partial charge is 0.330 e. The number of amides is 1. The molecular weight excluding hydrogens is 777 g/mol. The van der Waals surface area contributed by atoms with E-state index in [2.05, 4.69) is 21.0 Å². The summed E-state index contributed by atoms with van der Waals surface area (Å²) in [7, 11) is 2.86. The van der Waals surface area contributed by atoms with Crippen LogP contribution in [0.25, 0.3) is 0 Å². The standard InChI is InChI=1S/C43H54N5O10P/c1-29(2)48(30(3)4)59(56-26-11-24-44)58-39-36(57-41(40(39)54-27-23-37(49)45-5)47-25-22-38(50)46-42(47)51)28-55-43(31-12-9-8-10-13-31,32-14-18-34(52-6)19-15-32)33-16-20-35(53-7)21-17-33/h8-10,12-22,25,29-30,36,39-41H,11,23,26-28H2,1-7H3,(H,45,49)(H,46,50,51)/t36-,39?,40+,41-,59?/m1/s1. The van der Waals surface area contributed by atoms with Gasteiger partial charge in [0.25, 0.3) is 14.1 Å². The van der Waals surface area contributed by atoms with E-state index in [0.717, 1.165) is 16.7 Å². The van der Waals surface area contributed by atoms with E-state index in [0.29, 0.717) is 11.5 Å². The second-order valence-electron chi connectivity index (χ2n) is 14.3. The molecule has 1 saturated heterocycles. The Morgan fingerprint density at radius 3 is 2.02 bits per heavy atom. The second kappa shape index (κ2) is 21.4. The van der Waals surface area contributed by atoms with Crippen molar-refractivity contribution < 1.29 is 37.5 Å². The highest BCUT2D eigenvalue weighted by atomic mass is 31.2. The van der Waals surface area contributed by atoms with Crippen molar-refractivity contribution in [2.45, 2.75) is 82.8 Å². The molecule has 1 aliphatic rings. The van der Waals surface area contributed by atoms with E-state index in [1.807, 2.05) is 107 Å². The maximum atomic E-state index is 13.4. The molecule has 1 aliphatic heterocycles. The quantitative estimate of drug-likeness (QED) is 0.0602. The lowest BCUT2D eigenvalue weighted by Crippen LogP contribution is -2.43. The number of nitrogens with one attached hydrogen (secondary N) is 2. The number of carbonyl (C=O) groups is 1. The van der Waals surface area contributed by atoms with Crippen LogP contribution < -0.4 is 26.0 Å². The monoisotopic (exact) mass is 831 g/mol. The number of carbonyl (C=O) groups excluding carboxylic acids is 1. The first-order chi connectivity index (χ1) is 28.5. The molecule has 1 amide bonds. The minimum Gasteiger partial charge on any atom is -0.497 e. The molecule has 0 radical (unpaired) electrons. The highest BCUT2D eigenvalue weighted by molar-refractivity contribution is 7.44. The summed E-state index contributed by atoms with van der Waals surface area (Å²) in [4.78, 5) is 40.4. The molecule has 0 bridgehead atoms. The Morgan fingerprint density at radius 1 is 0.898 bits per heavy atom. The number of methoxy groups -OCH3 is 2. The van der Waals surface area contributed by atoms with Gasteiger partial charge in [-0.3, -0.25) is 19.1 Å². The van der Waals surface area contributed by atoms with Gasteiger partial charge in [0.05, 0.1) is 46.5 Å². The van der Waals surface area contributed by atoms with E-state index in [1.54, 1.807) is 14.2 Å². The normalized spacial score (nSPS) is 18.5. The zero-order valence-electron chi connectivity index (χ0n) is 34.5. The highest BCUT2D eigenvalue weighted by Gasteiger charge is 2.51. The van der Waals surface area contributed by atoms with Gasteiger partial charge >= 0.3 is 5.69 Å². The van der Waals surface area contributed by atoms with E-state index < -0.39 is 49.9 Å². The summed E-state index contributed by atoms with van der Waals surface area (Å²) in [6.07, 6.45) is -2.59. The first-order valence-corrected chi connectivity index (χ1v) is 20.6. The number of benzene rings is 3. The van der Waals surface area contributed by atoms with Gasteiger partial charge in [-0.15, -0.1) is 0 Å². The molecule has 2 N–H and O–H groups in total. The van der Waals surface area contributed by atoms with Crippen LogP contribution in [0.15, 0.2) is 101 Å². The molecule has 59 heavy (non-hydrogen) atoms. The van der Waals surface area contributed by atoms with Crippen molar-refractivity contribution in [2.75, 3.05) is 41.1 Å². The van der Waals surface area contributed by atoms with Gasteiger partial charge in [0.1, 0.15) is 35.4 Å². The summed E-state index contributed by atoms with van der Waals surface area (Å²) in [5.41, 5.74) is -0.178. The fraction of sp³-hybridized carbons (Fsp3) is 0.442. The zero-order chi connectivity index (χ0) is 42.5. The fourth-order valence-electron chi connectivity index (χ4n) is 7.09. The van der Waals surface area contributed by atoms with Crippen molar-refractivity contribution in [3.05, 3.63) is 129 Å². The molecular formula is C43H54N5O10P. The minimum absolute atomic E-state index is 0.0116.